The SMILES string of the molecule is Cc1ccc(-c2cccc3c2CCC3N)cn1. The van der Waals surface area contributed by atoms with Crippen LogP contribution >= 0.6 is 0 Å². The molecule has 0 aliphatic heterocycles. The second-order valence-electron chi connectivity index (χ2n) is 4.71. The van der Waals surface area contributed by atoms with Crippen molar-refractivity contribution in [2.75, 3.05) is 0 Å². The van der Waals surface area contributed by atoms with Crippen molar-refractivity contribution in [2.45, 2.75) is 25.8 Å². The summed E-state index contributed by atoms with van der Waals surface area (Å²) in [6.45, 7) is 2.01. The van der Waals surface area contributed by atoms with Gasteiger partial charge in [-0.05, 0) is 42.5 Å². The normalized spacial score (nSPS) is 18.1. The molecule has 17 heavy (non-hydrogen) atoms. The largest absolute Gasteiger partial charge is 0.324 e. The smallest absolute Gasteiger partial charge is 0.0373 e. The van der Waals surface area contributed by atoms with Crippen molar-refractivity contribution in [3.05, 3.63) is 53.3 Å². The molecule has 1 aromatic carbocycles. The first-order chi connectivity index (χ1) is 8.25. The van der Waals surface area contributed by atoms with Crippen LogP contribution in [0.1, 0.15) is 29.3 Å². The summed E-state index contributed by atoms with van der Waals surface area (Å²) in [5, 5.41) is 0. The minimum absolute atomic E-state index is 0.211. The summed E-state index contributed by atoms with van der Waals surface area (Å²) in [5.74, 6) is 0. The van der Waals surface area contributed by atoms with Crippen LogP contribution in [0.25, 0.3) is 11.1 Å². The number of hydrogen-bond donors (Lipinski definition) is 1. The third-order valence-electron chi connectivity index (χ3n) is 3.54. The molecule has 1 atom stereocenters. The number of benzene rings is 1. The molecule has 2 aromatic rings. The zero-order chi connectivity index (χ0) is 11.8. The summed E-state index contributed by atoms with van der Waals surface area (Å²) in [7, 11) is 0. The molecule has 1 aliphatic rings. The van der Waals surface area contributed by atoms with Crippen LogP contribution in [0.2, 0.25) is 0 Å². The molecule has 3 rings (SSSR count). The average Bonchev–Trinajstić information content (AvgIpc) is 2.73. The molecule has 2 heteroatoms. The van der Waals surface area contributed by atoms with Crippen LogP contribution in [0.15, 0.2) is 36.5 Å². The Kier molecular flexibility index (Phi) is 2.45. The first-order valence-electron chi connectivity index (χ1n) is 6.06. The van der Waals surface area contributed by atoms with E-state index in [4.69, 9.17) is 5.73 Å². The van der Waals surface area contributed by atoms with Crippen LogP contribution in [0.3, 0.4) is 0 Å². The third-order valence-corrected chi connectivity index (χ3v) is 3.54. The van der Waals surface area contributed by atoms with Crippen molar-refractivity contribution in [1.82, 2.24) is 4.98 Å². The van der Waals surface area contributed by atoms with E-state index in [1.165, 1.54) is 22.3 Å². The van der Waals surface area contributed by atoms with E-state index in [1.807, 2.05) is 13.1 Å². The van der Waals surface area contributed by atoms with Crippen molar-refractivity contribution in [3.8, 4) is 11.1 Å². The Morgan fingerprint density at radius 2 is 2.12 bits per heavy atom. The Morgan fingerprint density at radius 3 is 2.88 bits per heavy atom. The lowest BCUT2D eigenvalue weighted by Crippen LogP contribution is -2.04. The first kappa shape index (κ1) is 10.5. The lowest BCUT2D eigenvalue weighted by molar-refractivity contribution is 0.713. The van der Waals surface area contributed by atoms with E-state index < -0.39 is 0 Å². The van der Waals surface area contributed by atoms with Crippen LogP contribution in [0.4, 0.5) is 0 Å². The predicted octanol–water partition coefficient (Wildman–Crippen LogP) is 3.00. The zero-order valence-electron chi connectivity index (χ0n) is 9.98. The number of pyridine rings is 1. The minimum atomic E-state index is 0.211. The lowest BCUT2D eigenvalue weighted by Gasteiger charge is -2.09. The monoisotopic (exact) mass is 224 g/mol. The van der Waals surface area contributed by atoms with E-state index in [0.29, 0.717) is 0 Å². The summed E-state index contributed by atoms with van der Waals surface area (Å²) in [5.41, 5.74) is 12.4. The Morgan fingerprint density at radius 1 is 1.24 bits per heavy atom. The molecule has 0 spiro atoms. The second-order valence-corrected chi connectivity index (χ2v) is 4.71. The molecule has 0 bridgehead atoms. The van der Waals surface area contributed by atoms with Gasteiger partial charge in [-0.1, -0.05) is 24.3 Å². The number of nitrogens with two attached hydrogens (primary N) is 1. The second kappa shape index (κ2) is 3.97. The van der Waals surface area contributed by atoms with Crippen molar-refractivity contribution >= 4 is 0 Å². The Hall–Kier alpha value is -1.67. The van der Waals surface area contributed by atoms with Gasteiger partial charge in [0.1, 0.15) is 0 Å². The molecule has 0 radical (unpaired) electrons. The van der Waals surface area contributed by atoms with E-state index in [0.717, 1.165) is 18.5 Å². The van der Waals surface area contributed by atoms with Gasteiger partial charge in [-0.3, -0.25) is 4.98 Å². The fourth-order valence-electron chi connectivity index (χ4n) is 2.58. The molecule has 1 heterocycles. The van der Waals surface area contributed by atoms with Crippen LogP contribution in [-0.2, 0) is 6.42 Å². The Labute approximate surface area is 102 Å². The molecule has 0 saturated heterocycles. The van der Waals surface area contributed by atoms with Crippen LogP contribution in [0, 0.1) is 6.92 Å². The summed E-state index contributed by atoms with van der Waals surface area (Å²) in [6, 6.07) is 10.8. The van der Waals surface area contributed by atoms with E-state index in [9.17, 15) is 0 Å². The summed E-state index contributed by atoms with van der Waals surface area (Å²) < 4.78 is 0. The Bertz CT molecular complexity index is 543. The predicted molar refractivity (Wildman–Crippen MR) is 69.7 cm³/mol. The van der Waals surface area contributed by atoms with E-state index in [2.05, 4.69) is 35.3 Å². The van der Waals surface area contributed by atoms with Crippen LogP contribution in [0.5, 0.6) is 0 Å². The van der Waals surface area contributed by atoms with Gasteiger partial charge in [0.05, 0.1) is 0 Å². The van der Waals surface area contributed by atoms with Crippen LogP contribution in [-0.4, -0.2) is 4.98 Å². The third kappa shape index (κ3) is 1.75. The van der Waals surface area contributed by atoms with Gasteiger partial charge < -0.3 is 5.73 Å². The van der Waals surface area contributed by atoms with Gasteiger partial charge in [-0.2, -0.15) is 0 Å². The first-order valence-corrected chi connectivity index (χ1v) is 6.06. The maximum atomic E-state index is 6.10. The van der Waals surface area contributed by atoms with E-state index >= 15 is 0 Å². The quantitative estimate of drug-likeness (QED) is 0.808. The number of aromatic nitrogens is 1. The zero-order valence-corrected chi connectivity index (χ0v) is 9.98. The fraction of sp³-hybridized carbons (Fsp3) is 0.267. The topological polar surface area (TPSA) is 38.9 Å². The number of nitrogens with zero attached hydrogens (tertiary/aromatic N) is 1. The maximum absolute atomic E-state index is 6.10. The molecule has 2 nitrogen and oxygen atoms in total. The standard InChI is InChI=1S/C15H16N2/c1-10-5-6-11(9-17-10)12-3-2-4-14-13(12)7-8-15(14)16/h2-6,9,15H,7-8,16H2,1H3. The van der Waals surface area contributed by atoms with Gasteiger partial charge in [-0.15, -0.1) is 0 Å². The van der Waals surface area contributed by atoms with Gasteiger partial charge >= 0.3 is 0 Å². The molecule has 2 N–H and O–H groups in total. The number of rotatable bonds is 1. The summed E-state index contributed by atoms with van der Waals surface area (Å²) in [6.07, 6.45) is 4.10. The molecule has 86 valence electrons. The van der Waals surface area contributed by atoms with Gasteiger partial charge in [-0.25, -0.2) is 0 Å². The Balaban J connectivity index is 2.13. The molecule has 1 aliphatic carbocycles. The number of fused-ring (bicyclic) bond motifs is 1. The van der Waals surface area contributed by atoms with Crippen molar-refractivity contribution < 1.29 is 0 Å². The van der Waals surface area contributed by atoms with Gasteiger partial charge in [0.2, 0.25) is 0 Å². The van der Waals surface area contributed by atoms with Gasteiger partial charge in [0.25, 0.3) is 0 Å². The van der Waals surface area contributed by atoms with E-state index in [-0.39, 0.29) is 6.04 Å². The van der Waals surface area contributed by atoms with Gasteiger partial charge in [0.15, 0.2) is 0 Å². The lowest BCUT2D eigenvalue weighted by atomic mass is 9.97. The van der Waals surface area contributed by atoms with Crippen molar-refractivity contribution in [3.63, 3.8) is 0 Å². The molecular formula is C15H16N2. The molecule has 0 fully saturated rings. The highest BCUT2D eigenvalue weighted by Crippen LogP contribution is 2.36. The van der Waals surface area contributed by atoms with Crippen molar-refractivity contribution in [2.24, 2.45) is 5.73 Å². The highest BCUT2D eigenvalue weighted by atomic mass is 14.7. The summed E-state index contributed by atoms with van der Waals surface area (Å²) >= 11 is 0. The molecule has 1 unspecified atom stereocenters. The molecule has 0 saturated carbocycles. The molecular weight excluding hydrogens is 208 g/mol. The van der Waals surface area contributed by atoms with Gasteiger partial charge in [0, 0.05) is 23.5 Å². The molecule has 1 aromatic heterocycles. The summed E-state index contributed by atoms with van der Waals surface area (Å²) in [4.78, 5) is 4.37. The average molecular weight is 224 g/mol. The highest BCUT2D eigenvalue weighted by Gasteiger charge is 2.21. The number of hydrogen-bond acceptors (Lipinski definition) is 2. The van der Waals surface area contributed by atoms with E-state index in [1.54, 1.807) is 0 Å². The van der Waals surface area contributed by atoms with Crippen LogP contribution < -0.4 is 5.73 Å². The molecule has 0 amide bonds. The fourth-order valence-corrected chi connectivity index (χ4v) is 2.58. The highest BCUT2D eigenvalue weighted by molar-refractivity contribution is 5.69. The van der Waals surface area contributed by atoms with Crippen molar-refractivity contribution in [1.29, 1.82) is 0 Å². The number of aryl methyl sites for hydroxylation is 1. The minimum Gasteiger partial charge on any atom is -0.324 e. The maximum Gasteiger partial charge on any atom is 0.0373 e.